The van der Waals surface area contributed by atoms with Crippen LogP contribution < -0.4 is 4.90 Å². The number of rotatable bonds is 2. The van der Waals surface area contributed by atoms with Gasteiger partial charge in [0.25, 0.3) is 0 Å². The van der Waals surface area contributed by atoms with Crippen molar-refractivity contribution in [3.63, 3.8) is 0 Å². The van der Waals surface area contributed by atoms with Crippen LogP contribution >= 0.6 is 11.8 Å². The zero-order valence-corrected chi connectivity index (χ0v) is 12.6. The molecule has 4 rings (SSSR count). The second-order valence-electron chi connectivity index (χ2n) is 5.18. The lowest BCUT2D eigenvalue weighted by Crippen LogP contribution is -2.33. The van der Waals surface area contributed by atoms with E-state index in [1.165, 1.54) is 22.9 Å². The topological polar surface area (TPSA) is 20.5 Å². The number of fused-ring (bicyclic) bond motifs is 1. The van der Waals surface area contributed by atoms with Crippen LogP contribution in [-0.4, -0.2) is 34.0 Å². The van der Waals surface area contributed by atoms with Gasteiger partial charge in [0, 0.05) is 36.4 Å². The lowest BCUT2D eigenvalue weighted by atomic mass is 10.1. The predicted molar refractivity (Wildman–Crippen MR) is 90.2 cm³/mol. The molecular weight excluding hydrogens is 278 g/mol. The fraction of sp³-hybridized carbons (Fsp3) is 0.235. The SMILES string of the molecule is c1ccc(-c2nc3ccccn3c2N2CCSCC2)cc1. The van der Waals surface area contributed by atoms with Gasteiger partial charge in [-0.1, -0.05) is 36.4 Å². The summed E-state index contributed by atoms with van der Waals surface area (Å²) in [5.41, 5.74) is 3.30. The summed E-state index contributed by atoms with van der Waals surface area (Å²) < 4.78 is 2.22. The maximum Gasteiger partial charge on any atom is 0.141 e. The minimum atomic E-state index is 1.02. The Hall–Kier alpha value is -1.94. The Morgan fingerprint density at radius 1 is 0.905 bits per heavy atom. The Balaban J connectivity index is 1.92. The van der Waals surface area contributed by atoms with Crippen molar-refractivity contribution >= 4 is 23.2 Å². The number of hydrogen-bond donors (Lipinski definition) is 0. The molecule has 106 valence electrons. The fourth-order valence-corrected chi connectivity index (χ4v) is 3.75. The molecule has 0 radical (unpaired) electrons. The number of nitrogens with zero attached hydrogens (tertiary/aromatic N) is 3. The molecule has 0 unspecified atom stereocenters. The van der Waals surface area contributed by atoms with Crippen LogP contribution in [0.3, 0.4) is 0 Å². The van der Waals surface area contributed by atoms with Gasteiger partial charge in [0.1, 0.15) is 17.2 Å². The largest absolute Gasteiger partial charge is 0.354 e. The molecule has 2 aromatic heterocycles. The number of aromatic nitrogens is 2. The molecule has 1 aliphatic heterocycles. The van der Waals surface area contributed by atoms with Crippen molar-refractivity contribution < 1.29 is 0 Å². The van der Waals surface area contributed by atoms with E-state index in [1.807, 2.05) is 17.8 Å². The van der Waals surface area contributed by atoms with Crippen molar-refractivity contribution in [3.05, 3.63) is 54.7 Å². The number of benzene rings is 1. The van der Waals surface area contributed by atoms with Crippen molar-refractivity contribution in [3.8, 4) is 11.3 Å². The standard InChI is InChI=1S/C17H17N3S/c1-2-6-14(7-3-1)16-17(19-10-12-21-13-11-19)20-9-5-4-8-15(20)18-16/h1-9H,10-13H2. The Kier molecular flexibility index (Phi) is 3.31. The van der Waals surface area contributed by atoms with E-state index >= 15 is 0 Å². The monoisotopic (exact) mass is 295 g/mol. The van der Waals surface area contributed by atoms with Gasteiger partial charge in [-0.25, -0.2) is 4.98 Å². The second kappa shape index (κ2) is 5.45. The van der Waals surface area contributed by atoms with E-state index in [-0.39, 0.29) is 0 Å². The van der Waals surface area contributed by atoms with Crippen LogP contribution in [0.5, 0.6) is 0 Å². The highest BCUT2D eigenvalue weighted by Crippen LogP contribution is 2.32. The van der Waals surface area contributed by atoms with Crippen molar-refractivity contribution in [2.75, 3.05) is 29.5 Å². The Morgan fingerprint density at radius 2 is 1.67 bits per heavy atom. The molecule has 0 N–H and O–H groups in total. The highest BCUT2D eigenvalue weighted by Gasteiger charge is 2.21. The van der Waals surface area contributed by atoms with E-state index in [9.17, 15) is 0 Å². The molecule has 0 saturated carbocycles. The summed E-state index contributed by atoms with van der Waals surface area (Å²) in [5.74, 6) is 3.61. The summed E-state index contributed by atoms with van der Waals surface area (Å²) >= 11 is 2.03. The molecule has 1 aliphatic rings. The maximum absolute atomic E-state index is 4.87. The average molecular weight is 295 g/mol. The van der Waals surface area contributed by atoms with E-state index < -0.39 is 0 Å². The molecule has 1 fully saturated rings. The molecule has 0 spiro atoms. The fourth-order valence-electron chi connectivity index (χ4n) is 2.85. The van der Waals surface area contributed by atoms with Crippen molar-refractivity contribution in [2.45, 2.75) is 0 Å². The van der Waals surface area contributed by atoms with Crippen LogP contribution in [0, 0.1) is 0 Å². The first-order chi connectivity index (χ1) is 10.4. The van der Waals surface area contributed by atoms with Gasteiger partial charge in [-0.2, -0.15) is 11.8 Å². The van der Waals surface area contributed by atoms with Gasteiger partial charge in [-0.05, 0) is 12.1 Å². The lowest BCUT2D eigenvalue weighted by molar-refractivity contribution is 0.833. The van der Waals surface area contributed by atoms with E-state index in [4.69, 9.17) is 4.98 Å². The molecule has 3 aromatic rings. The third kappa shape index (κ3) is 2.29. The van der Waals surface area contributed by atoms with Gasteiger partial charge in [-0.3, -0.25) is 4.40 Å². The first kappa shape index (κ1) is 12.8. The summed E-state index contributed by atoms with van der Waals surface area (Å²) in [5, 5.41) is 0. The summed E-state index contributed by atoms with van der Waals surface area (Å²) in [7, 11) is 0. The van der Waals surface area contributed by atoms with Crippen LogP contribution in [-0.2, 0) is 0 Å². The van der Waals surface area contributed by atoms with Crippen LogP contribution in [0.2, 0.25) is 0 Å². The molecule has 21 heavy (non-hydrogen) atoms. The third-order valence-corrected chi connectivity index (χ3v) is 4.81. The molecule has 0 amide bonds. The third-order valence-electron chi connectivity index (χ3n) is 3.86. The minimum Gasteiger partial charge on any atom is -0.354 e. The van der Waals surface area contributed by atoms with Gasteiger partial charge >= 0.3 is 0 Å². The van der Waals surface area contributed by atoms with E-state index in [0.717, 1.165) is 24.4 Å². The molecular formula is C17H17N3S. The second-order valence-corrected chi connectivity index (χ2v) is 6.40. The first-order valence-corrected chi connectivity index (χ1v) is 8.44. The molecule has 3 nitrogen and oxygen atoms in total. The molecule has 0 atom stereocenters. The van der Waals surface area contributed by atoms with Crippen molar-refractivity contribution in [1.29, 1.82) is 0 Å². The Labute approximate surface area is 128 Å². The normalized spacial score (nSPS) is 15.5. The number of pyridine rings is 1. The molecule has 1 aromatic carbocycles. The van der Waals surface area contributed by atoms with Crippen molar-refractivity contribution in [1.82, 2.24) is 9.38 Å². The summed E-state index contributed by atoms with van der Waals surface area (Å²) in [6, 6.07) is 16.7. The van der Waals surface area contributed by atoms with Crippen LogP contribution in [0.4, 0.5) is 5.82 Å². The zero-order chi connectivity index (χ0) is 14.1. The van der Waals surface area contributed by atoms with Gasteiger partial charge in [0.2, 0.25) is 0 Å². The van der Waals surface area contributed by atoms with Gasteiger partial charge in [0.05, 0.1) is 0 Å². The summed E-state index contributed by atoms with van der Waals surface area (Å²) in [4.78, 5) is 7.34. The number of hydrogen-bond acceptors (Lipinski definition) is 3. The molecule has 0 aliphatic carbocycles. The quantitative estimate of drug-likeness (QED) is 0.721. The molecule has 4 heteroatoms. The zero-order valence-electron chi connectivity index (χ0n) is 11.8. The average Bonchev–Trinajstić information content (AvgIpc) is 2.96. The van der Waals surface area contributed by atoms with Gasteiger partial charge in [0.15, 0.2) is 0 Å². The Bertz CT molecular complexity index is 745. The smallest absolute Gasteiger partial charge is 0.141 e. The summed E-state index contributed by atoms with van der Waals surface area (Å²) in [6.07, 6.45) is 2.12. The number of imidazole rings is 1. The summed E-state index contributed by atoms with van der Waals surface area (Å²) in [6.45, 7) is 2.18. The Morgan fingerprint density at radius 3 is 2.48 bits per heavy atom. The molecule has 0 bridgehead atoms. The first-order valence-electron chi connectivity index (χ1n) is 7.29. The maximum atomic E-state index is 4.87. The molecule has 1 saturated heterocycles. The van der Waals surface area contributed by atoms with Gasteiger partial charge < -0.3 is 4.90 Å². The predicted octanol–water partition coefficient (Wildman–Crippen LogP) is 3.55. The van der Waals surface area contributed by atoms with Crippen LogP contribution in [0.25, 0.3) is 16.9 Å². The number of thioether (sulfide) groups is 1. The minimum absolute atomic E-state index is 1.02. The molecule has 3 heterocycles. The highest BCUT2D eigenvalue weighted by molar-refractivity contribution is 7.99. The van der Waals surface area contributed by atoms with E-state index in [1.54, 1.807) is 0 Å². The van der Waals surface area contributed by atoms with Crippen LogP contribution in [0.15, 0.2) is 54.7 Å². The van der Waals surface area contributed by atoms with E-state index in [0.29, 0.717) is 0 Å². The van der Waals surface area contributed by atoms with Crippen molar-refractivity contribution in [2.24, 2.45) is 0 Å². The van der Waals surface area contributed by atoms with Crippen LogP contribution in [0.1, 0.15) is 0 Å². The van der Waals surface area contributed by atoms with Gasteiger partial charge in [-0.15, -0.1) is 0 Å². The van der Waals surface area contributed by atoms with E-state index in [2.05, 4.69) is 58.0 Å². The lowest BCUT2D eigenvalue weighted by Gasteiger charge is -2.28. The number of anilines is 1. The highest BCUT2D eigenvalue weighted by atomic mass is 32.2.